The minimum absolute atomic E-state index is 0.247. The highest BCUT2D eigenvalue weighted by atomic mass is 16.5. The SMILES string of the molecule is COc1ccc(C(=O)Nc2ccc(C(=O)Nc3cccc(C#Cc4ccccn4)c3)cc2)cc1. The molecule has 0 spiro atoms. The molecule has 0 radical (unpaired) electrons. The van der Waals surface area contributed by atoms with Gasteiger partial charge in [0.2, 0.25) is 0 Å². The second kappa shape index (κ2) is 10.6. The summed E-state index contributed by atoms with van der Waals surface area (Å²) in [4.78, 5) is 29.2. The molecular weight excluding hydrogens is 426 g/mol. The number of nitrogens with one attached hydrogen (secondary N) is 2. The predicted octanol–water partition coefficient (Wildman–Crippen LogP) is 4.99. The predicted molar refractivity (Wildman–Crippen MR) is 132 cm³/mol. The number of carbonyl (C=O) groups is 2. The van der Waals surface area contributed by atoms with Gasteiger partial charge in [0.05, 0.1) is 7.11 Å². The molecule has 2 N–H and O–H groups in total. The summed E-state index contributed by atoms with van der Waals surface area (Å²) in [6.45, 7) is 0. The standard InChI is InChI=1S/C28H21N3O3/c1-34-26-16-11-22(12-17-26)27(32)30-24-14-9-21(10-15-24)28(33)31-25-7-4-5-20(19-25)8-13-23-6-2-3-18-29-23/h2-7,9-12,14-19H,1H3,(H,30,32)(H,31,33). The molecule has 0 aliphatic carbocycles. The van der Waals surface area contributed by atoms with Crippen LogP contribution in [0.25, 0.3) is 0 Å². The minimum Gasteiger partial charge on any atom is -0.497 e. The van der Waals surface area contributed by atoms with E-state index >= 15 is 0 Å². The first-order valence-corrected chi connectivity index (χ1v) is 10.5. The lowest BCUT2D eigenvalue weighted by molar-refractivity contribution is 0.102. The van der Waals surface area contributed by atoms with Crippen LogP contribution >= 0.6 is 0 Å². The van der Waals surface area contributed by atoms with E-state index in [0.717, 1.165) is 5.56 Å². The van der Waals surface area contributed by atoms with E-state index in [1.807, 2.05) is 30.3 Å². The van der Waals surface area contributed by atoms with E-state index in [1.54, 1.807) is 74.0 Å². The third kappa shape index (κ3) is 5.87. The van der Waals surface area contributed by atoms with Crippen LogP contribution in [0.2, 0.25) is 0 Å². The summed E-state index contributed by atoms with van der Waals surface area (Å²) in [5.41, 5.74) is 3.64. The Morgan fingerprint density at radius 1 is 0.735 bits per heavy atom. The topological polar surface area (TPSA) is 80.3 Å². The second-order valence-electron chi connectivity index (χ2n) is 7.26. The van der Waals surface area contributed by atoms with E-state index in [2.05, 4.69) is 27.5 Å². The number of amides is 2. The Hall–Kier alpha value is -4.89. The highest BCUT2D eigenvalue weighted by Crippen LogP contribution is 2.16. The highest BCUT2D eigenvalue weighted by Gasteiger charge is 2.09. The molecule has 4 aromatic rings. The first kappa shape index (κ1) is 22.3. The fraction of sp³-hybridized carbons (Fsp3) is 0.0357. The van der Waals surface area contributed by atoms with Crippen molar-refractivity contribution in [2.24, 2.45) is 0 Å². The third-order valence-electron chi connectivity index (χ3n) is 4.88. The zero-order valence-electron chi connectivity index (χ0n) is 18.4. The first-order chi connectivity index (χ1) is 16.6. The number of hydrogen-bond donors (Lipinski definition) is 2. The Balaban J connectivity index is 1.38. The first-order valence-electron chi connectivity index (χ1n) is 10.5. The van der Waals surface area contributed by atoms with E-state index in [4.69, 9.17) is 4.74 Å². The maximum atomic E-state index is 12.7. The van der Waals surface area contributed by atoms with Crippen molar-refractivity contribution in [1.29, 1.82) is 0 Å². The average Bonchev–Trinajstić information content (AvgIpc) is 2.89. The van der Waals surface area contributed by atoms with Crippen LogP contribution in [0.1, 0.15) is 32.0 Å². The summed E-state index contributed by atoms with van der Waals surface area (Å²) in [5.74, 6) is 6.22. The van der Waals surface area contributed by atoms with Gasteiger partial charge < -0.3 is 15.4 Å². The molecule has 0 aliphatic heterocycles. The van der Waals surface area contributed by atoms with E-state index < -0.39 is 0 Å². The second-order valence-corrected chi connectivity index (χ2v) is 7.26. The molecule has 0 saturated carbocycles. The van der Waals surface area contributed by atoms with Crippen LogP contribution < -0.4 is 15.4 Å². The Bertz CT molecular complexity index is 1350. The summed E-state index contributed by atoms with van der Waals surface area (Å²) in [6, 6.07) is 26.3. The molecule has 0 bridgehead atoms. The monoisotopic (exact) mass is 447 g/mol. The van der Waals surface area contributed by atoms with Crippen molar-refractivity contribution in [2.75, 3.05) is 17.7 Å². The number of hydrogen-bond acceptors (Lipinski definition) is 4. The number of rotatable bonds is 5. The molecule has 4 rings (SSSR count). The number of aromatic nitrogens is 1. The Labute approximate surface area is 197 Å². The van der Waals surface area contributed by atoms with Crippen LogP contribution in [-0.2, 0) is 0 Å². The lowest BCUT2D eigenvalue weighted by Crippen LogP contribution is -2.13. The highest BCUT2D eigenvalue weighted by molar-refractivity contribution is 6.06. The number of methoxy groups -OCH3 is 1. The van der Waals surface area contributed by atoms with E-state index in [0.29, 0.717) is 33.9 Å². The van der Waals surface area contributed by atoms with E-state index in [1.165, 1.54) is 0 Å². The number of carbonyl (C=O) groups excluding carboxylic acids is 2. The molecule has 1 aromatic heterocycles. The van der Waals surface area contributed by atoms with Crippen LogP contribution in [0.4, 0.5) is 11.4 Å². The Morgan fingerprint density at radius 3 is 2.06 bits per heavy atom. The molecule has 34 heavy (non-hydrogen) atoms. The zero-order chi connectivity index (χ0) is 23.8. The molecule has 6 nitrogen and oxygen atoms in total. The molecule has 166 valence electrons. The van der Waals surface area contributed by atoms with E-state index in [9.17, 15) is 9.59 Å². The van der Waals surface area contributed by atoms with Gasteiger partial charge in [-0.1, -0.05) is 18.1 Å². The lowest BCUT2D eigenvalue weighted by atomic mass is 10.1. The maximum Gasteiger partial charge on any atom is 0.255 e. The summed E-state index contributed by atoms with van der Waals surface area (Å²) >= 11 is 0. The van der Waals surface area contributed by atoms with Crippen molar-refractivity contribution in [1.82, 2.24) is 4.98 Å². The number of ether oxygens (including phenoxy) is 1. The van der Waals surface area contributed by atoms with Gasteiger partial charge in [0, 0.05) is 34.3 Å². The van der Waals surface area contributed by atoms with Crippen molar-refractivity contribution >= 4 is 23.2 Å². The molecule has 0 saturated heterocycles. The van der Waals surface area contributed by atoms with Gasteiger partial charge in [-0.3, -0.25) is 9.59 Å². The van der Waals surface area contributed by atoms with Gasteiger partial charge in [0.25, 0.3) is 11.8 Å². The van der Waals surface area contributed by atoms with Gasteiger partial charge in [-0.2, -0.15) is 0 Å². The van der Waals surface area contributed by atoms with Gasteiger partial charge in [-0.05, 0) is 84.8 Å². The lowest BCUT2D eigenvalue weighted by Gasteiger charge is -2.08. The van der Waals surface area contributed by atoms with Crippen molar-refractivity contribution in [3.05, 3.63) is 120 Å². The quantitative estimate of drug-likeness (QED) is 0.422. The fourth-order valence-corrected chi connectivity index (χ4v) is 3.10. The summed E-state index contributed by atoms with van der Waals surface area (Å²) in [7, 11) is 1.57. The van der Waals surface area contributed by atoms with Crippen LogP contribution in [0.5, 0.6) is 5.75 Å². The summed E-state index contributed by atoms with van der Waals surface area (Å²) in [6.07, 6.45) is 1.69. The molecular formula is C28H21N3O3. The van der Waals surface area contributed by atoms with Crippen molar-refractivity contribution in [3.63, 3.8) is 0 Å². The molecule has 1 heterocycles. The number of anilines is 2. The van der Waals surface area contributed by atoms with Gasteiger partial charge in [0.1, 0.15) is 11.4 Å². The number of benzene rings is 3. The zero-order valence-corrected chi connectivity index (χ0v) is 18.4. The van der Waals surface area contributed by atoms with Crippen LogP contribution in [0.3, 0.4) is 0 Å². The smallest absolute Gasteiger partial charge is 0.255 e. The molecule has 0 atom stereocenters. The molecule has 3 aromatic carbocycles. The molecule has 6 heteroatoms. The van der Waals surface area contributed by atoms with Crippen LogP contribution in [0.15, 0.2) is 97.2 Å². The Kier molecular flexibility index (Phi) is 6.97. The molecule has 0 fully saturated rings. The van der Waals surface area contributed by atoms with Gasteiger partial charge >= 0.3 is 0 Å². The molecule has 0 aliphatic rings. The average molecular weight is 447 g/mol. The summed E-state index contributed by atoms with van der Waals surface area (Å²) < 4.78 is 5.10. The third-order valence-corrected chi connectivity index (χ3v) is 4.88. The maximum absolute atomic E-state index is 12.7. The van der Waals surface area contributed by atoms with Crippen LogP contribution in [0, 0.1) is 11.8 Å². The van der Waals surface area contributed by atoms with Crippen molar-refractivity contribution < 1.29 is 14.3 Å². The summed E-state index contributed by atoms with van der Waals surface area (Å²) in [5, 5.41) is 5.69. The van der Waals surface area contributed by atoms with Crippen molar-refractivity contribution in [2.45, 2.75) is 0 Å². The van der Waals surface area contributed by atoms with Gasteiger partial charge in [-0.15, -0.1) is 0 Å². The van der Waals surface area contributed by atoms with Crippen molar-refractivity contribution in [3.8, 4) is 17.6 Å². The Morgan fingerprint density at radius 2 is 1.41 bits per heavy atom. The largest absolute Gasteiger partial charge is 0.497 e. The fourth-order valence-electron chi connectivity index (χ4n) is 3.10. The molecule has 0 unspecified atom stereocenters. The van der Waals surface area contributed by atoms with Gasteiger partial charge in [0.15, 0.2) is 0 Å². The number of pyridine rings is 1. The normalized spacial score (nSPS) is 9.91. The van der Waals surface area contributed by atoms with E-state index in [-0.39, 0.29) is 11.8 Å². The molecule has 2 amide bonds. The minimum atomic E-state index is -0.261. The van der Waals surface area contributed by atoms with Crippen LogP contribution in [-0.4, -0.2) is 23.9 Å². The number of nitrogens with zero attached hydrogens (tertiary/aromatic N) is 1. The van der Waals surface area contributed by atoms with Gasteiger partial charge in [-0.25, -0.2) is 4.98 Å².